The topological polar surface area (TPSA) is 126 Å². The number of carbonyl (C=O) groups is 2. The zero-order chi connectivity index (χ0) is 25.0. The van der Waals surface area contributed by atoms with Gasteiger partial charge in [-0.15, -0.1) is 0 Å². The molecular weight excluding hydrogens is 452 g/mol. The first-order valence-electron chi connectivity index (χ1n) is 15.0. The van der Waals surface area contributed by atoms with Crippen molar-refractivity contribution in [2.24, 2.45) is 0 Å². The molecule has 8 N–H and O–H groups in total. The number of carbonyl (C=O) groups excluding carboxylic acids is 2. The first kappa shape index (κ1) is 39.4. The van der Waals surface area contributed by atoms with Gasteiger partial charge < -0.3 is 21.8 Å². The standard InChI is InChI=1S/C30H58O4.2H3N/c1-3-5-7-9-11-13-15-17-21-25-29(31)33-27-23-19-20-24-28-34-30(32)26-22-18-16-14-12-10-8-6-4-2;;/h3-28H2,1-2H3;2*1H3/p+2. The van der Waals surface area contributed by atoms with Crippen LogP contribution < -0.4 is 12.3 Å². The monoisotopic (exact) mass is 519 g/mol. The summed E-state index contributed by atoms with van der Waals surface area (Å²) in [6, 6.07) is 0. The van der Waals surface area contributed by atoms with Crippen molar-refractivity contribution in [2.75, 3.05) is 13.2 Å². The normalized spacial score (nSPS) is 10.4. The summed E-state index contributed by atoms with van der Waals surface area (Å²) in [6.45, 7) is 5.54. The lowest BCUT2D eigenvalue weighted by Gasteiger charge is -2.06. The van der Waals surface area contributed by atoms with E-state index in [2.05, 4.69) is 13.8 Å². The SMILES string of the molecule is CCCCCCCCCCCC(=O)OCCCCCCOC(=O)CCCCCCCCCCC.[NH4+].[NH4+]. The second-order valence-corrected chi connectivity index (χ2v) is 10.0. The second kappa shape index (κ2) is 33.9. The van der Waals surface area contributed by atoms with Gasteiger partial charge in [-0.1, -0.05) is 117 Å². The van der Waals surface area contributed by atoms with Crippen molar-refractivity contribution in [1.29, 1.82) is 0 Å². The van der Waals surface area contributed by atoms with E-state index in [1.807, 2.05) is 0 Å². The van der Waals surface area contributed by atoms with Gasteiger partial charge in [0.2, 0.25) is 0 Å². The van der Waals surface area contributed by atoms with Crippen LogP contribution in [0.25, 0.3) is 0 Å². The summed E-state index contributed by atoms with van der Waals surface area (Å²) >= 11 is 0. The number of hydrogen-bond acceptors (Lipinski definition) is 4. The molecule has 36 heavy (non-hydrogen) atoms. The van der Waals surface area contributed by atoms with Crippen LogP contribution in [-0.2, 0) is 19.1 Å². The largest absolute Gasteiger partial charge is 0.466 e. The summed E-state index contributed by atoms with van der Waals surface area (Å²) in [5.41, 5.74) is 0. The van der Waals surface area contributed by atoms with E-state index in [-0.39, 0.29) is 24.2 Å². The lowest BCUT2D eigenvalue weighted by atomic mass is 10.1. The summed E-state index contributed by atoms with van der Waals surface area (Å²) in [4.78, 5) is 23.6. The lowest BCUT2D eigenvalue weighted by Crippen LogP contribution is -2.07. The fourth-order valence-corrected chi connectivity index (χ4v) is 4.23. The first-order valence-corrected chi connectivity index (χ1v) is 15.0. The van der Waals surface area contributed by atoms with Crippen molar-refractivity contribution in [1.82, 2.24) is 12.3 Å². The molecule has 0 aliphatic rings. The Morgan fingerprint density at radius 1 is 0.389 bits per heavy atom. The molecule has 0 amide bonds. The Hall–Kier alpha value is -1.14. The highest BCUT2D eigenvalue weighted by Gasteiger charge is 2.04. The molecular formula is C30H66N2O4+2. The molecule has 0 atom stereocenters. The van der Waals surface area contributed by atoms with Gasteiger partial charge in [0, 0.05) is 12.8 Å². The smallest absolute Gasteiger partial charge is 0.305 e. The van der Waals surface area contributed by atoms with Crippen molar-refractivity contribution in [3.8, 4) is 0 Å². The maximum Gasteiger partial charge on any atom is 0.305 e. The molecule has 0 aliphatic heterocycles. The highest BCUT2D eigenvalue weighted by Crippen LogP contribution is 2.12. The van der Waals surface area contributed by atoms with Crippen molar-refractivity contribution < 1.29 is 19.1 Å². The highest BCUT2D eigenvalue weighted by atomic mass is 16.5. The Morgan fingerprint density at radius 2 is 0.639 bits per heavy atom. The van der Waals surface area contributed by atoms with E-state index in [1.165, 1.54) is 89.9 Å². The van der Waals surface area contributed by atoms with Crippen LogP contribution in [0.3, 0.4) is 0 Å². The van der Waals surface area contributed by atoms with Gasteiger partial charge in [-0.25, -0.2) is 0 Å². The van der Waals surface area contributed by atoms with Gasteiger partial charge in [-0.05, 0) is 38.5 Å². The van der Waals surface area contributed by atoms with E-state index >= 15 is 0 Å². The molecule has 0 heterocycles. The Balaban J connectivity index is -0.00000544. The fourth-order valence-electron chi connectivity index (χ4n) is 4.23. The maximum absolute atomic E-state index is 11.8. The van der Waals surface area contributed by atoms with Crippen molar-refractivity contribution in [3.05, 3.63) is 0 Å². The second-order valence-electron chi connectivity index (χ2n) is 10.0. The van der Waals surface area contributed by atoms with E-state index in [1.54, 1.807) is 0 Å². The quantitative estimate of drug-likeness (QED) is 0.0828. The van der Waals surface area contributed by atoms with Gasteiger partial charge in [0.05, 0.1) is 13.2 Å². The van der Waals surface area contributed by atoms with E-state index in [9.17, 15) is 9.59 Å². The van der Waals surface area contributed by atoms with E-state index in [4.69, 9.17) is 9.47 Å². The zero-order valence-corrected chi connectivity index (χ0v) is 25.0. The van der Waals surface area contributed by atoms with Gasteiger partial charge in [0.15, 0.2) is 0 Å². The summed E-state index contributed by atoms with van der Waals surface area (Å²) < 4.78 is 10.7. The highest BCUT2D eigenvalue weighted by molar-refractivity contribution is 5.69. The number of hydrogen-bond donors (Lipinski definition) is 2. The van der Waals surface area contributed by atoms with Crippen LogP contribution in [-0.4, -0.2) is 25.2 Å². The number of esters is 2. The summed E-state index contributed by atoms with van der Waals surface area (Å²) in [6.07, 6.45) is 27.7. The number of quaternary nitrogens is 2. The molecule has 6 nitrogen and oxygen atoms in total. The first-order chi connectivity index (χ1) is 16.7. The minimum absolute atomic E-state index is 0. The number of rotatable bonds is 27. The molecule has 0 bridgehead atoms. The van der Waals surface area contributed by atoms with Crippen LogP contribution in [0.2, 0.25) is 0 Å². The van der Waals surface area contributed by atoms with Crippen molar-refractivity contribution in [3.63, 3.8) is 0 Å². The van der Waals surface area contributed by atoms with Gasteiger partial charge in [0.25, 0.3) is 0 Å². The zero-order valence-electron chi connectivity index (χ0n) is 25.0. The minimum Gasteiger partial charge on any atom is -0.466 e. The molecule has 0 spiro atoms. The summed E-state index contributed by atoms with van der Waals surface area (Å²) in [7, 11) is 0. The molecule has 0 fully saturated rings. The van der Waals surface area contributed by atoms with Crippen LogP contribution in [0, 0.1) is 0 Å². The van der Waals surface area contributed by atoms with Gasteiger partial charge in [0.1, 0.15) is 0 Å². The summed E-state index contributed by atoms with van der Waals surface area (Å²) in [5.74, 6) is -0.0956. The maximum atomic E-state index is 11.8. The van der Waals surface area contributed by atoms with Crippen LogP contribution in [0.1, 0.15) is 168 Å². The molecule has 6 heteroatoms. The Bertz CT molecular complexity index is 407. The third-order valence-corrected chi connectivity index (χ3v) is 6.53. The average Bonchev–Trinajstić information content (AvgIpc) is 2.83. The molecule has 0 radical (unpaired) electrons. The van der Waals surface area contributed by atoms with E-state index < -0.39 is 0 Å². The predicted octanol–water partition coefficient (Wildman–Crippen LogP) is 10.2. The van der Waals surface area contributed by atoms with Gasteiger partial charge in [-0.2, -0.15) is 0 Å². The predicted molar refractivity (Wildman–Crippen MR) is 156 cm³/mol. The van der Waals surface area contributed by atoms with Crippen LogP contribution in [0.5, 0.6) is 0 Å². The molecule has 0 saturated heterocycles. The molecule has 0 aromatic rings. The van der Waals surface area contributed by atoms with Crippen LogP contribution >= 0.6 is 0 Å². The molecule has 0 unspecified atom stereocenters. The molecule has 0 saturated carbocycles. The fraction of sp³-hybridized carbons (Fsp3) is 0.933. The Morgan fingerprint density at radius 3 is 0.944 bits per heavy atom. The molecule has 0 aromatic carbocycles. The third kappa shape index (κ3) is 32.9. The summed E-state index contributed by atoms with van der Waals surface area (Å²) in [5, 5.41) is 0. The Labute approximate surface area is 224 Å². The van der Waals surface area contributed by atoms with Gasteiger partial charge >= 0.3 is 11.9 Å². The Kier molecular flexibility index (Phi) is 37.0. The van der Waals surface area contributed by atoms with Crippen molar-refractivity contribution in [2.45, 2.75) is 168 Å². The lowest BCUT2D eigenvalue weighted by molar-refractivity contribution is -0.145. The molecule has 218 valence electrons. The minimum atomic E-state index is -0.0478. The number of unbranched alkanes of at least 4 members (excludes halogenated alkanes) is 19. The van der Waals surface area contributed by atoms with Crippen molar-refractivity contribution >= 4 is 11.9 Å². The van der Waals surface area contributed by atoms with Crippen LogP contribution in [0.15, 0.2) is 0 Å². The van der Waals surface area contributed by atoms with E-state index in [0.717, 1.165) is 51.4 Å². The van der Waals surface area contributed by atoms with Crippen LogP contribution in [0.4, 0.5) is 0 Å². The average molecular weight is 519 g/mol. The van der Waals surface area contributed by atoms with Gasteiger partial charge in [-0.3, -0.25) is 9.59 Å². The molecule has 0 aliphatic carbocycles. The number of ether oxygens (including phenoxy) is 2. The van der Waals surface area contributed by atoms with E-state index in [0.29, 0.717) is 26.1 Å². The third-order valence-electron chi connectivity index (χ3n) is 6.53. The molecule has 0 aromatic heterocycles. The molecule has 0 rings (SSSR count).